The van der Waals surface area contributed by atoms with Crippen molar-refractivity contribution in [2.24, 2.45) is 0 Å². The number of anilines is 3. The lowest BCUT2D eigenvalue weighted by Crippen LogP contribution is -2.25. The van der Waals surface area contributed by atoms with Crippen LogP contribution in [0.5, 0.6) is 0 Å². The van der Waals surface area contributed by atoms with Crippen molar-refractivity contribution in [3.05, 3.63) is 41.7 Å². The molecule has 0 bridgehead atoms. The third-order valence-corrected chi connectivity index (χ3v) is 3.70. The first-order valence-electron chi connectivity index (χ1n) is 8.06. The molecular weight excluding hydrogens is 272 g/mol. The Balaban J connectivity index is 2.24. The molecule has 0 unspecified atom stereocenters. The number of hydrogen-bond donors (Lipinski definition) is 1. The van der Waals surface area contributed by atoms with Gasteiger partial charge in [0.15, 0.2) is 0 Å². The zero-order valence-corrected chi connectivity index (χ0v) is 14.1. The monoisotopic (exact) mass is 298 g/mol. The molecule has 1 heterocycles. The summed E-state index contributed by atoms with van der Waals surface area (Å²) >= 11 is 0. The number of aromatic nitrogens is 2. The summed E-state index contributed by atoms with van der Waals surface area (Å²) in [6.07, 6.45) is 3.87. The summed E-state index contributed by atoms with van der Waals surface area (Å²) in [5.74, 6) is 1.84. The van der Waals surface area contributed by atoms with Gasteiger partial charge in [-0.1, -0.05) is 32.0 Å². The number of nitrogens with zero attached hydrogens (tertiary/aromatic N) is 3. The van der Waals surface area contributed by atoms with E-state index in [0.29, 0.717) is 0 Å². The normalized spacial score (nSPS) is 10.5. The molecule has 1 N–H and O–H groups in total. The largest absolute Gasteiger partial charge is 0.356 e. The molecular formula is C18H26N4. The van der Waals surface area contributed by atoms with Crippen molar-refractivity contribution in [3.63, 3.8) is 0 Å². The van der Waals surface area contributed by atoms with Crippen LogP contribution in [0.3, 0.4) is 0 Å². The van der Waals surface area contributed by atoms with Gasteiger partial charge in [-0.15, -0.1) is 0 Å². The van der Waals surface area contributed by atoms with Gasteiger partial charge in [-0.3, -0.25) is 0 Å². The Labute approximate surface area is 133 Å². The summed E-state index contributed by atoms with van der Waals surface area (Å²) < 4.78 is 0. The molecule has 1 aromatic heterocycles. The van der Waals surface area contributed by atoms with Crippen LogP contribution in [0.4, 0.5) is 17.3 Å². The highest BCUT2D eigenvalue weighted by molar-refractivity contribution is 5.65. The van der Waals surface area contributed by atoms with Crippen LogP contribution in [0.1, 0.15) is 37.8 Å². The van der Waals surface area contributed by atoms with E-state index in [1.807, 2.05) is 6.07 Å². The Morgan fingerprint density at radius 2 is 1.64 bits per heavy atom. The highest BCUT2D eigenvalue weighted by atomic mass is 15.2. The van der Waals surface area contributed by atoms with Gasteiger partial charge in [0.2, 0.25) is 0 Å². The van der Waals surface area contributed by atoms with Gasteiger partial charge in [-0.05, 0) is 37.8 Å². The predicted molar refractivity (Wildman–Crippen MR) is 94.0 cm³/mol. The van der Waals surface area contributed by atoms with Gasteiger partial charge in [0.1, 0.15) is 18.0 Å². The van der Waals surface area contributed by atoms with Crippen LogP contribution in [0, 0.1) is 13.8 Å². The molecule has 4 heteroatoms. The van der Waals surface area contributed by atoms with E-state index in [1.54, 1.807) is 6.33 Å². The van der Waals surface area contributed by atoms with Crippen LogP contribution >= 0.6 is 0 Å². The molecule has 0 atom stereocenters. The molecule has 4 nitrogen and oxygen atoms in total. The van der Waals surface area contributed by atoms with Gasteiger partial charge in [0.25, 0.3) is 0 Å². The highest BCUT2D eigenvalue weighted by Crippen LogP contribution is 2.24. The minimum atomic E-state index is 0.847. The predicted octanol–water partition coefficient (Wildman–Crippen LogP) is 4.46. The van der Waals surface area contributed by atoms with Crippen molar-refractivity contribution in [3.8, 4) is 0 Å². The Morgan fingerprint density at radius 1 is 1.00 bits per heavy atom. The maximum Gasteiger partial charge on any atom is 0.135 e. The smallest absolute Gasteiger partial charge is 0.135 e. The first kappa shape index (κ1) is 16.3. The van der Waals surface area contributed by atoms with Crippen molar-refractivity contribution in [1.29, 1.82) is 0 Å². The van der Waals surface area contributed by atoms with E-state index in [1.165, 1.54) is 11.1 Å². The van der Waals surface area contributed by atoms with E-state index in [4.69, 9.17) is 0 Å². The van der Waals surface area contributed by atoms with Crippen molar-refractivity contribution in [1.82, 2.24) is 9.97 Å². The molecule has 0 saturated carbocycles. The van der Waals surface area contributed by atoms with Gasteiger partial charge in [-0.2, -0.15) is 0 Å². The van der Waals surface area contributed by atoms with Gasteiger partial charge in [-0.25, -0.2) is 9.97 Å². The second-order valence-electron chi connectivity index (χ2n) is 5.64. The molecule has 0 aliphatic carbocycles. The minimum Gasteiger partial charge on any atom is -0.356 e. The van der Waals surface area contributed by atoms with Crippen LogP contribution in [-0.2, 0) is 0 Å². The van der Waals surface area contributed by atoms with Gasteiger partial charge in [0.05, 0.1) is 0 Å². The molecule has 0 aliphatic rings. The van der Waals surface area contributed by atoms with Gasteiger partial charge < -0.3 is 10.2 Å². The Hall–Kier alpha value is -2.10. The van der Waals surface area contributed by atoms with Crippen LogP contribution < -0.4 is 10.2 Å². The Bertz CT molecular complexity index is 584. The molecule has 1 aromatic carbocycles. The zero-order chi connectivity index (χ0) is 15.9. The fourth-order valence-corrected chi connectivity index (χ4v) is 2.61. The number of para-hydroxylation sites is 1. The summed E-state index contributed by atoms with van der Waals surface area (Å²) in [6, 6.07) is 8.33. The van der Waals surface area contributed by atoms with Gasteiger partial charge >= 0.3 is 0 Å². The van der Waals surface area contributed by atoms with E-state index >= 15 is 0 Å². The van der Waals surface area contributed by atoms with Gasteiger partial charge in [0, 0.05) is 24.8 Å². The van der Waals surface area contributed by atoms with Crippen LogP contribution in [-0.4, -0.2) is 23.1 Å². The number of nitrogens with one attached hydrogen (secondary N) is 1. The number of rotatable bonds is 7. The molecule has 0 aliphatic heterocycles. The average Bonchev–Trinajstić information content (AvgIpc) is 2.51. The molecule has 22 heavy (non-hydrogen) atoms. The topological polar surface area (TPSA) is 41.0 Å². The average molecular weight is 298 g/mol. The summed E-state index contributed by atoms with van der Waals surface area (Å²) in [7, 11) is 0. The number of benzene rings is 1. The standard InChI is InChI=1S/C18H26N4/c1-5-10-22(11-6-2)17-12-16(19-13-20-17)21-18-14(3)8-7-9-15(18)4/h7-9,12-13H,5-6,10-11H2,1-4H3,(H,19,20,21). The van der Waals surface area contributed by atoms with Crippen LogP contribution in [0.2, 0.25) is 0 Å². The molecule has 0 saturated heterocycles. The first-order valence-corrected chi connectivity index (χ1v) is 8.06. The summed E-state index contributed by atoms with van der Waals surface area (Å²) in [5, 5.41) is 3.44. The maximum absolute atomic E-state index is 4.44. The SMILES string of the molecule is CCCN(CCC)c1cc(Nc2c(C)cccc2C)ncn1. The van der Waals surface area contributed by atoms with E-state index in [-0.39, 0.29) is 0 Å². The van der Waals surface area contributed by atoms with E-state index in [9.17, 15) is 0 Å². The second-order valence-corrected chi connectivity index (χ2v) is 5.64. The molecule has 0 radical (unpaired) electrons. The molecule has 118 valence electrons. The quantitative estimate of drug-likeness (QED) is 0.819. The van der Waals surface area contributed by atoms with E-state index in [0.717, 1.165) is 43.3 Å². The highest BCUT2D eigenvalue weighted by Gasteiger charge is 2.09. The zero-order valence-electron chi connectivity index (χ0n) is 14.1. The Kier molecular flexibility index (Phi) is 5.75. The molecule has 2 aromatic rings. The Morgan fingerprint density at radius 3 is 2.23 bits per heavy atom. The lowest BCUT2D eigenvalue weighted by molar-refractivity contribution is 0.733. The lowest BCUT2D eigenvalue weighted by Gasteiger charge is -2.23. The molecule has 0 fully saturated rings. The summed E-state index contributed by atoms with van der Waals surface area (Å²) in [4.78, 5) is 11.1. The van der Waals surface area contributed by atoms with Crippen molar-refractivity contribution < 1.29 is 0 Å². The van der Waals surface area contributed by atoms with Crippen LogP contribution in [0.25, 0.3) is 0 Å². The first-order chi connectivity index (χ1) is 10.7. The summed E-state index contributed by atoms with van der Waals surface area (Å²) in [5.41, 5.74) is 3.57. The molecule has 0 spiro atoms. The third-order valence-electron chi connectivity index (χ3n) is 3.70. The fraction of sp³-hybridized carbons (Fsp3) is 0.444. The minimum absolute atomic E-state index is 0.847. The van der Waals surface area contributed by atoms with E-state index < -0.39 is 0 Å². The van der Waals surface area contributed by atoms with E-state index in [2.05, 4.69) is 66.1 Å². The summed E-state index contributed by atoms with van der Waals surface area (Å²) in [6.45, 7) is 10.6. The fourth-order valence-electron chi connectivity index (χ4n) is 2.61. The number of hydrogen-bond acceptors (Lipinski definition) is 4. The van der Waals surface area contributed by atoms with Crippen molar-refractivity contribution >= 4 is 17.3 Å². The van der Waals surface area contributed by atoms with Crippen molar-refractivity contribution in [2.45, 2.75) is 40.5 Å². The van der Waals surface area contributed by atoms with Crippen LogP contribution in [0.15, 0.2) is 30.6 Å². The molecule has 2 rings (SSSR count). The maximum atomic E-state index is 4.44. The lowest BCUT2D eigenvalue weighted by atomic mass is 10.1. The third kappa shape index (κ3) is 3.97. The molecule has 0 amide bonds. The number of aryl methyl sites for hydroxylation is 2. The van der Waals surface area contributed by atoms with Crippen molar-refractivity contribution in [2.75, 3.05) is 23.3 Å². The second kappa shape index (κ2) is 7.78.